The van der Waals surface area contributed by atoms with Crippen molar-refractivity contribution in [2.24, 2.45) is 22.7 Å². The number of carbonyl (C=O) groups excluding carboxylic acids is 2. The normalized spacial score (nSPS) is 49.5. The van der Waals surface area contributed by atoms with Crippen molar-refractivity contribution >= 4 is 35.0 Å². The molecule has 0 amide bonds. The van der Waals surface area contributed by atoms with Crippen molar-refractivity contribution in [3.8, 4) is 0 Å². The first kappa shape index (κ1) is 22.4. The van der Waals surface area contributed by atoms with E-state index in [4.69, 9.17) is 27.9 Å². The van der Waals surface area contributed by atoms with Crippen molar-refractivity contribution in [3.05, 3.63) is 23.8 Å². The third kappa shape index (κ3) is 2.50. The van der Waals surface area contributed by atoms with Crippen LogP contribution in [0.1, 0.15) is 72.6 Å². The van der Waals surface area contributed by atoms with Gasteiger partial charge in [-0.05, 0) is 50.9 Å². The summed E-state index contributed by atoms with van der Waals surface area (Å²) in [4.78, 5) is 24.2. The van der Waals surface area contributed by atoms with E-state index in [0.717, 1.165) is 25.7 Å². The van der Waals surface area contributed by atoms with Gasteiger partial charge in [-0.25, -0.2) is 0 Å². The highest BCUT2D eigenvalue weighted by Crippen LogP contribution is 2.74. The summed E-state index contributed by atoms with van der Waals surface area (Å²) < 4.78 is 5.89. The predicted octanol–water partition coefficient (Wildman–Crippen LogP) is 5.30. The summed E-state index contributed by atoms with van der Waals surface area (Å²) in [6, 6.07) is 0. The first-order valence-electron chi connectivity index (χ1n) is 11.1. The van der Waals surface area contributed by atoms with Crippen molar-refractivity contribution in [1.29, 1.82) is 0 Å². The second-order valence-electron chi connectivity index (χ2n) is 10.1. The molecule has 0 radical (unpaired) electrons. The summed E-state index contributed by atoms with van der Waals surface area (Å²) in [5.41, 5.74) is -1.38. The number of hydrogen-bond acceptors (Lipinski definition) is 4. The summed E-state index contributed by atoms with van der Waals surface area (Å²) in [6.07, 6.45) is 10.4. The van der Waals surface area contributed by atoms with Crippen LogP contribution in [0.4, 0.5) is 0 Å². The van der Waals surface area contributed by atoms with Gasteiger partial charge in [0.15, 0.2) is 16.4 Å². The smallest absolute Gasteiger partial charge is 0.306 e. The van der Waals surface area contributed by atoms with E-state index >= 15 is 0 Å². The molecule has 0 heterocycles. The lowest BCUT2D eigenvalue weighted by Gasteiger charge is -2.66. The highest BCUT2D eigenvalue weighted by atomic mass is 35.5. The maximum atomic E-state index is 13.0. The summed E-state index contributed by atoms with van der Waals surface area (Å²) in [5.74, 6) is -0.656. The van der Waals surface area contributed by atoms with Gasteiger partial charge < -0.3 is 9.84 Å². The number of ether oxygens (including phenoxy) is 1. The molecule has 0 unspecified atom stereocenters. The zero-order valence-electron chi connectivity index (χ0n) is 18.3. The van der Waals surface area contributed by atoms with E-state index in [1.807, 2.05) is 6.92 Å². The van der Waals surface area contributed by atoms with E-state index in [1.165, 1.54) is 12.5 Å². The fraction of sp³-hybridized carbons (Fsp3) is 0.750. The highest BCUT2D eigenvalue weighted by molar-refractivity contribution is 6.35. The SMILES string of the molecule is CCC(=O)O[C@@]1(C(C)=O)CC[C@H]2[C@@H]3CCC4=CCC=C[C@]4(C)[C@@]3(Cl)[C@@](O)(Cl)C[C@@]21C. The van der Waals surface area contributed by atoms with Crippen LogP contribution in [0.25, 0.3) is 0 Å². The lowest BCUT2D eigenvalue weighted by Crippen LogP contribution is -2.72. The van der Waals surface area contributed by atoms with Crippen LogP contribution in [0.5, 0.6) is 0 Å². The number of alkyl halides is 2. The molecule has 7 atom stereocenters. The van der Waals surface area contributed by atoms with Crippen molar-refractivity contribution < 1.29 is 19.4 Å². The maximum absolute atomic E-state index is 13.0. The van der Waals surface area contributed by atoms with Crippen LogP contribution in [0.15, 0.2) is 23.8 Å². The molecule has 0 spiro atoms. The second kappa shape index (κ2) is 6.83. The molecule has 30 heavy (non-hydrogen) atoms. The lowest BCUT2D eigenvalue weighted by molar-refractivity contribution is -0.199. The predicted molar refractivity (Wildman–Crippen MR) is 117 cm³/mol. The minimum atomic E-state index is -1.76. The highest BCUT2D eigenvalue weighted by Gasteiger charge is 2.77. The van der Waals surface area contributed by atoms with Crippen LogP contribution in [-0.4, -0.2) is 32.4 Å². The Hall–Kier alpha value is -0.840. The number of rotatable bonds is 3. The summed E-state index contributed by atoms with van der Waals surface area (Å²) in [6.45, 7) is 7.25. The molecule has 3 fully saturated rings. The van der Waals surface area contributed by atoms with Gasteiger partial charge in [0.25, 0.3) is 0 Å². The van der Waals surface area contributed by atoms with Crippen molar-refractivity contribution in [1.82, 2.24) is 0 Å². The number of Topliss-reactive ketones (excluding diaryl/α,β-unsaturated/α-hetero) is 1. The molecule has 1 N–H and O–H groups in total. The molecule has 0 saturated heterocycles. The first-order valence-corrected chi connectivity index (χ1v) is 11.9. The summed E-state index contributed by atoms with van der Waals surface area (Å²) >= 11 is 14.4. The number of carbonyl (C=O) groups is 2. The summed E-state index contributed by atoms with van der Waals surface area (Å²) in [5, 5.41) is 10.0. The summed E-state index contributed by atoms with van der Waals surface area (Å²) in [7, 11) is 0. The monoisotopic (exact) mass is 454 g/mol. The average molecular weight is 455 g/mol. The molecule has 6 heteroatoms. The molecule has 0 aromatic carbocycles. The molecule has 0 bridgehead atoms. The van der Waals surface area contributed by atoms with Crippen LogP contribution in [0, 0.1) is 22.7 Å². The number of aliphatic hydroxyl groups is 1. The first-order chi connectivity index (χ1) is 13.9. The van der Waals surface area contributed by atoms with Gasteiger partial charge in [0.1, 0.15) is 4.87 Å². The minimum absolute atomic E-state index is 0.0243. The average Bonchev–Trinajstić information content (AvgIpc) is 2.94. The fourth-order valence-electron chi connectivity index (χ4n) is 7.49. The van der Waals surface area contributed by atoms with Crippen LogP contribution in [0.2, 0.25) is 0 Å². The van der Waals surface area contributed by atoms with Gasteiger partial charge in [0, 0.05) is 23.7 Å². The van der Waals surface area contributed by atoms with E-state index in [0.29, 0.717) is 6.42 Å². The Bertz CT molecular complexity index is 848. The Morgan fingerprint density at radius 2 is 1.93 bits per heavy atom. The van der Waals surface area contributed by atoms with Crippen LogP contribution >= 0.6 is 23.2 Å². The quantitative estimate of drug-likeness (QED) is 0.357. The molecule has 4 aliphatic carbocycles. The van der Waals surface area contributed by atoms with Gasteiger partial charge >= 0.3 is 5.97 Å². The van der Waals surface area contributed by atoms with Gasteiger partial charge in [-0.15, -0.1) is 11.6 Å². The Balaban J connectivity index is 1.86. The zero-order valence-corrected chi connectivity index (χ0v) is 19.8. The maximum Gasteiger partial charge on any atom is 0.306 e. The van der Waals surface area contributed by atoms with Gasteiger partial charge in [0.05, 0.1) is 0 Å². The number of allylic oxidation sites excluding steroid dienone is 4. The van der Waals surface area contributed by atoms with Gasteiger partial charge in [0.2, 0.25) is 0 Å². The van der Waals surface area contributed by atoms with Crippen LogP contribution in [0.3, 0.4) is 0 Å². The van der Waals surface area contributed by atoms with E-state index in [9.17, 15) is 14.7 Å². The zero-order chi connectivity index (χ0) is 22.2. The number of halogens is 2. The molecule has 0 aromatic heterocycles. The minimum Gasteiger partial charge on any atom is -0.450 e. The second-order valence-corrected chi connectivity index (χ2v) is 11.4. The largest absolute Gasteiger partial charge is 0.450 e. The Kier molecular flexibility index (Phi) is 5.09. The molecular formula is C24H32Cl2O4. The van der Waals surface area contributed by atoms with E-state index in [-0.39, 0.29) is 30.5 Å². The molecule has 4 nitrogen and oxygen atoms in total. The fourth-order valence-corrected chi connectivity index (χ4v) is 8.61. The molecular weight excluding hydrogens is 423 g/mol. The molecule has 0 aliphatic heterocycles. The Labute approximate surface area is 189 Å². The van der Waals surface area contributed by atoms with E-state index in [1.54, 1.807) is 6.92 Å². The van der Waals surface area contributed by atoms with E-state index < -0.39 is 32.3 Å². The Morgan fingerprint density at radius 3 is 2.57 bits per heavy atom. The van der Waals surface area contributed by atoms with Crippen molar-refractivity contribution in [2.45, 2.75) is 88.2 Å². The van der Waals surface area contributed by atoms with Crippen LogP contribution in [-0.2, 0) is 14.3 Å². The number of ketones is 1. The number of hydrogen-bond donors (Lipinski definition) is 1. The van der Waals surface area contributed by atoms with Crippen molar-refractivity contribution in [3.63, 3.8) is 0 Å². The topological polar surface area (TPSA) is 63.6 Å². The molecule has 0 aromatic rings. The van der Waals surface area contributed by atoms with E-state index in [2.05, 4.69) is 25.2 Å². The van der Waals surface area contributed by atoms with Gasteiger partial charge in [-0.3, -0.25) is 9.59 Å². The number of esters is 1. The molecule has 166 valence electrons. The third-order valence-corrected chi connectivity index (χ3v) is 10.5. The Morgan fingerprint density at radius 1 is 1.23 bits per heavy atom. The molecule has 4 aliphatic rings. The molecule has 4 rings (SSSR count). The third-order valence-electron chi connectivity index (χ3n) is 8.95. The lowest BCUT2D eigenvalue weighted by atomic mass is 9.45. The van der Waals surface area contributed by atoms with Crippen LogP contribution < -0.4 is 0 Å². The molecule has 3 saturated carbocycles. The van der Waals surface area contributed by atoms with Gasteiger partial charge in [-0.2, -0.15) is 0 Å². The number of fused-ring (bicyclic) bond motifs is 5. The van der Waals surface area contributed by atoms with Crippen molar-refractivity contribution in [2.75, 3.05) is 0 Å². The standard InChI is InChI=1S/C24H32Cl2O4/c1-5-19(28)30-22(15(2)27)13-11-17-18-10-9-16-8-6-7-12-20(16,3)24(18,26)23(25,29)14-21(17,22)4/h7-8,12,17-18,29H,5-6,9-11,13-14H2,1-4H3/t17-,18-,20-,21-,22+,23+,24+/m0/s1. The van der Waals surface area contributed by atoms with Gasteiger partial charge in [-0.1, -0.05) is 56.2 Å².